The summed E-state index contributed by atoms with van der Waals surface area (Å²) in [6.07, 6.45) is 6.23. The lowest BCUT2D eigenvalue weighted by Gasteiger charge is -2.37. The van der Waals surface area contributed by atoms with Crippen molar-refractivity contribution >= 4 is 40.6 Å². The molecule has 3 aliphatic heterocycles. The fourth-order valence-corrected chi connectivity index (χ4v) is 5.75. The Morgan fingerprint density at radius 3 is 1.72 bits per heavy atom. The monoisotopic (exact) mass is 576 g/mol. The van der Waals surface area contributed by atoms with E-state index in [1.165, 1.54) is 41.6 Å². The standard InChI is InChI=1S/C17H19N3O.C17H13NO2.2CH4/c1-19-17(21)15(11-18)10-12-8-13-4-2-6-20-7-3-5-14(9-12)16(13)20;1-18-16(19)14(12-8-4-2-5-9-12)15(17(18)20)13-10-6-3-7-11-13;;/h8-10H,2-7H2,1H3,(H,19,21);2-11H,1H3;2*1H4/b15-10+;;;. The van der Waals surface area contributed by atoms with Crippen LogP contribution in [-0.2, 0) is 27.2 Å². The van der Waals surface area contributed by atoms with Gasteiger partial charge in [-0.15, -0.1) is 0 Å². The van der Waals surface area contributed by atoms with Gasteiger partial charge in [-0.05, 0) is 71.7 Å². The molecule has 0 aliphatic carbocycles. The minimum absolute atomic E-state index is 0. The van der Waals surface area contributed by atoms with Crippen LogP contribution in [0.1, 0.15) is 55.5 Å². The van der Waals surface area contributed by atoms with Gasteiger partial charge in [-0.3, -0.25) is 19.3 Å². The number of hydrogen-bond donors (Lipinski definition) is 1. The number of carbonyl (C=O) groups is 3. The van der Waals surface area contributed by atoms with Crippen molar-refractivity contribution in [2.75, 3.05) is 32.1 Å². The molecule has 0 radical (unpaired) electrons. The molecule has 0 unspecified atom stereocenters. The first-order valence-electron chi connectivity index (χ1n) is 13.8. The summed E-state index contributed by atoms with van der Waals surface area (Å²) >= 11 is 0. The summed E-state index contributed by atoms with van der Waals surface area (Å²) in [5.74, 6) is -0.828. The van der Waals surface area contributed by atoms with E-state index in [2.05, 4.69) is 22.3 Å². The number of nitrogens with one attached hydrogen (secondary N) is 1. The highest BCUT2D eigenvalue weighted by atomic mass is 16.2. The lowest BCUT2D eigenvalue weighted by Crippen LogP contribution is -2.34. The predicted molar refractivity (Wildman–Crippen MR) is 174 cm³/mol. The number of nitriles is 1. The molecule has 3 aromatic rings. The Morgan fingerprint density at radius 1 is 0.837 bits per heavy atom. The molecule has 7 heteroatoms. The summed E-state index contributed by atoms with van der Waals surface area (Å²) in [5.41, 5.74) is 7.75. The van der Waals surface area contributed by atoms with Crippen molar-refractivity contribution in [3.05, 3.63) is 106 Å². The minimum atomic E-state index is -0.328. The normalized spacial score (nSPS) is 15.3. The zero-order valence-corrected chi connectivity index (χ0v) is 23.3. The third-order valence-corrected chi connectivity index (χ3v) is 7.67. The summed E-state index contributed by atoms with van der Waals surface area (Å²) in [5, 5.41) is 11.6. The Labute approximate surface area is 255 Å². The Bertz CT molecular complexity index is 1510. The molecule has 0 fully saturated rings. The summed E-state index contributed by atoms with van der Waals surface area (Å²) in [6.45, 7) is 2.30. The average Bonchev–Trinajstić information content (AvgIpc) is 3.24. The topological polar surface area (TPSA) is 93.5 Å². The van der Waals surface area contributed by atoms with Gasteiger partial charge in [0.15, 0.2) is 0 Å². The number of aryl methyl sites for hydroxylation is 2. The third kappa shape index (κ3) is 6.60. The lowest BCUT2D eigenvalue weighted by molar-refractivity contribution is -0.134. The van der Waals surface area contributed by atoms with Gasteiger partial charge in [0.05, 0.1) is 11.1 Å². The molecule has 3 aromatic carbocycles. The van der Waals surface area contributed by atoms with E-state index in [1.54, 1.807) is 13.1 Å². The molecular formula is C36H40N4O3. The van der Waals surface area contributed by atoms with Gasteiger partial charge in [0, 0.05) is 32.9 Å². The summed E-state index contributed by atoms with van der Waals surface area (Å²) in [7, 11) is 3.06. The lowest BCUT2D eigenvalue weighted by atomic mass is 9.89. The van der Waals surface area contributed by atoms with Crippen molar-refractivity contribution in [2.45, 2.75) is 40.5 Å². The molecule has 3 heterocycles. The Hall–Kier alpha value is -4.96. The van der Waals surface area contributed by atoms with Crippen LogP contribution >= 0.6 is 0 Å². The van der Waals surface area contributed by atoms with Crippen molar-refractivity contribution in [3.8, 4) is 6.07 Å². The third-order valence-electron chi connectivity index (χ3n) is 7.67. The zero-order chi connectivity index (χ0) is 28.9. The largest absolute Gasteiger partial charge is 0.371 e. The van der Waals surface area contributed by atoms with Crippen molar-refractivity contribution < 1.29 is 14.4 Å². The molecule has 3 aliphatic rings. The SMILES string of the molecule is C.C.CN1C(=O)C(c2ccccc2)=C(c2ccccc2)C1=O.CNC(=O)/C(C#N)=C/c1cc2c3c(c1)CCCN3CCC2. The molecule has 0 atom stereocenters. The second-order valence-electron chi connectivity index (χ2n) is 10.3. The predicted octanol–water partition coefficient (Wildman–Crippen LogP) is 5.91. The zero-order valence-electron chi connectivity index (χ0n) is 23.3. The Kier molecular flexibility index (Phi) is 10.8. The van der Waals surface area contributed by atoms with Crippen molar-refractivity contribution in [2.24, 2.45) is 0 Å². The van der Waals surface area contributed by atoms with Crippen molar-refractivity contribution in [1.29, 1.82) is 5.26 Å². The number of hydrogen-bond acceptors (Lipinski definition) is 5. The van der Waals surface area contributed by atoms with E-state index in [9.17, 15) is 14.4 Å². The van der Waals surface area contributed by atoms with Gasteiger partial charge in [-0.25, -0.2) is 0 Å². The molecule has 1 N–H and O–H groups in total. The quantitative estimate of drug-likeness (QED) is 0.237. The van der Waals surface area contributed by atoms with Crippen LogP contribution in [0.4, 0.5) is 5.69 Å². The molecule has 0 saturated carbocycles. The van der Waals surface area contributed by atoms with Crippen LogP contribution in [0.3, 0.4) is 0 Å². The number of likely N-dealkylation sites (N-methyl/N-ethyl adjacent to an activating group) is 2. The number of carbonyl (C=O) groups excluding carboxylic acids is 3. The van der Waals surface area contributed by atoms with E-state index in [0.717, 1.165) is 42.6 Å². The van der Waals surface area contributed by atoms with Crippen LogP contribution in [0, 0.1) is 11.3 Å². The highest BCUT2D eigenvalue weighted by Crippen LogP contribution is 2.37. The van der Waals surface area contributed by atoms with Crippen LogP contribution in [0.15, 0.2) is 78.4 Å². The van der Waals surface area contributed by atoms with Crippen molar-refractivity contribution in [3.63, 3.8) is 0 Å². The van der Waals surface area contributed by atoms with E-state index in [4.69, 9.17) is 5.26 Å². The molecule has 0 bridgehead atoms. The van der Waals surface area contributed by atoms with Crippen LogP contribution < -0.4 is 10.2 Å². The molecular weight excluding hydrogens is 536 g/mol. The molecule has 0 aromatic heterocycles. The van der Waals surface area contributed by atoms with Crippen LogP contribution in [0.25, 0.3) is 17.2 Å². The molecule has 222 valence electrons. The molecule has 6 rings (SSSR count). The fraction of sp³-hybridized carbons (Fsp3) is 0.278. The molecule has 43 heavy (non-hydrogen) atoms. The van der Waals surface area contributed by atoms with E-state index < -0.39 is 0 Å². The molecule has 0 spiro atoms. The average molecular weight is 577 g/mol. The van der Waals surface area contributed by atoms with Gasteiger partial charge in [0.2, 0.25) is 0 Å². The van der Waals surface area contributed by atoms with Gasteiger partial charge >= 0.3 is 0 Å². The summed E-state index contributed by atoms with van der Waals surface area (Å²) in [6, 6.07) is 24.9. The molecule has 0 saturated heterocycles. The minimum Gasteiger partial charge on any atom is -0.371 e. The maximum atomic E-state index is 12.3. The highest BCUT2D eigenvalue weighted by Gasteiger charge is 2.36. The number of rotatable bonds is 4. The second kappa shape index (κ2) is 14.3. The maximum absolute atomic E-state index is 12.3. The molecule has 3 amide bonds. The van der Waals surface area contributed by atoms with Crippen LogP contribution in [0.5, 0.6) is 0 Å². The van der Waals surface area contributed by atoms with Gasteiger partial charge in [0.1, 0.15) is 11.6 Å². The second-order valence-corrected chi connectivity index (χ2v) is 10.3. The summed E-state index contributed by atoms with van der Waals surface area (Å²) < 4.78 is 0. The van der Waals surface area contributed by atoms with E-state index in [1.807, 2.05) is 66.7 Å². The van der Waals surface area contributed by atoms with Gasteiger partial charge in [0.25, 0.3) is 17.7 Å². The smallest absolute Gasteiger partial charge is 0.261 e. The first kappa shape index (κ1) is 32.6. The van der Waals surface area contributed by atoms with Gasteiger partial charge in [-0.2, -0.15) is 5.26 Å². The van der Waals surface area contributed by atoms with Crippen molar-refractivity contribution in [1.82, 2.24) is 10.2 Å². The fourth-order valence-electron chi connectivity index (χ4n) is 5.75. The first-order chi connectivity index (χ1) is 19.9. The number of anilines is 1. The maximum Gasteiger partial charge on any atom is 0.261 e. The Balaban J connectivity index is 0.000000225. The van der Waals surface area contributed by atoms with E-state index in [0.29, 0.717) is 11.1 Å². The first-order valence-corrected chi connectivity index (χ1v) is 13.8. The van der Waals surface area contributed by atoms with Gasteiger partial charge in [-0.1, -0.05) is 75.5 Å². The van der Waals surface area contributed by atoms with E-state index >= 15 is 0 Å². The Morgan fingerprint density at radius 2 is 1.30 bits per heavy atom. The number of nitrogens with zero attached hydrogens (tertiary/aromatic N) is 3. The van der Waals surface area contributed by atoms with Gasteiger partial charge < -0.3 is 10.2 Å². The van der Waals surface area contributed by atoms with E-state index in [-0.39, 0.29) is 38.1 Å². The van der Waals surface area contributed by atoms with Crippen LogP contribution in [0.2, 0.25) is 0 Å². The summed E-state index contributed by atoms with van der Waals surface area (Å²) in [4.78, 5) is 40.0. The molecule has 7 nitrogen and oxygen atoms in total. The number of amides is 3. The van der Waals surface area contributed by atoms with Crippen LogP contribution in [-0.4, -0.2) is 49.8 Å². The highest BCUT2D eigenvalue weighted by molar-refractivity contribution is 6.48. The number of benzene rings is 3. The number of imide groups is 1.